The molecule has 25 heavy (non-hydrogen) atoms. The number of nitrogens with one attached hydrogen (secondary N) is 1. The van der Waals surface area contributed by atoms with E-state index in [9.17, 15) is 5.11 Å². The first-order valence-electron chi connectivity index (χ1n) is 8.49. The third-order valence-electron chi connectivity index (χ3n) is 3.96. The zero-order valence-corrected chi connectivity index (χ0v) is 14.9. The highest BCUT2D eigenvalue weighted by molar-refractivity contribution is 7.08. The van der Waals surface area contributed by atoms with Crippen LogP contribution in [0.2, 0.25) is 0 Å². The second-order valence-electron chi connectivity index (χ2n) is 5.94. The third kappa shape index (κ3) is 5.71. The van der Waals surface area contributed by atoms with Crippen LogP contribution in [-0.4, -0.2) is 30.9 Å². The lowest BCUT2D eigenvalue weighted by Gasteiger charge is -2.13. The van der Waals surface area contributed by atoms with Crippen molar-refractivity contribution in [2.24, 2.45) is 0 Å². The van der Waals surface area contributed by atoms with Crippen LogP contribution in [-0.2, 0) is 6.42 Å². The van der Waals surface area contributed by atoms with E-state index in [2.05, 4.69) is 34.3 Å². The molecule has 0 saturated heterocycles. The smallest absolute Gasteiger partial charge is 0.119 e. The van der Waals surface area contributed by atoms with Gasteiger partial charge in [0.05, 0.1) is 0 Å². The molecule has 0 spiro atoms. The minimum Gasteiger partial charge on any atom is -0.491 e. The van der Waals surface area contributed by atoms with Crippen LogP contribution in [0.15, 0.2) is 71.4 Å². The van der Waals surface area contributed by atoms with Crippen LogP contribution >= 0.6 is 11.3 Å². The normalized spacial score (nSPS) is 12.0. The number of thiophene rings is 1. The first-order valence-corrected chi connectivity index (χ1v) is 9.44. The molecule has 2 N–H and O–H groups in total. The van der Waals surface area contributed by atoms with Crippen LogP contribution < -0.4 is 10.1 Å². The molecule has 0 bridgehead atoms. The average Bonchev–Trinajstić information content (AvgIpc) is 3.20. The van der Waals surface area contributed by atoms with E-state index in [1.807, 2.05) is 42.5 Å². The van der Waals surface area contributed by atoms with Crippen molar-refractivity contribution < 1.29 is 9.84 Å². The quantitative estimate of drug-likeness (QED) is 0.572. The summed E-state index contributed by atoms with van der Waals surface area (Å²) < 4.78 is 5.67. The Morgan fingerprint density at radius 1 is 0.960 bits per heavy atom. The minimum atomic E-state index is -0.521. The summed E-state index contributed by atoms with van der Waals surface area (Å²) >= 11 is 1.69. The molecule has 3 aromatic rings. The largest absolute Gasteiger partial charge is 0.491 e. The maximum absolute atomic E-state index is 10.0. The highest BCUT2D eigenvalue weighted by Crippen LogP contribution is 2.24. The van der Waals surface area contributed by atoms with Gasteiger partial charge in [-0.25, -0.2) is 0 Å². The van der Waals surface area contributed by atoms with E-state index in [0.29, 0.717) is 6.54 Å². The SMILES string of the molecule is OC(CNCCc1ccccc1)COc1ccc(-c2ccsc2)cc1. The molecule has 1 unspecified atom stereocenters. The van der Waals surface area contributed by atoms with Crippen molar-refractivity contribution in [2.75, 3.05) is 19.7 Å². The van der Waals surface area contributed by atoms with Crippen molar-refractivity contribution in [2.45, 2.75) is 12.5 Å². The summed E-state index contributed by atoms with van der Waals surface area (Å²) in [4.78, 5) is 0. The Kier molecular flexibility index (Phi) is 6.63. The lowest BCUT2D eigenvalue weighted by Crippen LogP contribution is -2.32. The van der Waals surface area contributed by atoms with Gasteiger partial charge in [-0.15, -0.1) is 0 Å². The van der Waals surface area contributed by atoms with Crippen LogP contribution in [0, 0.1) is 0 Å². The Bertz CT molecular complexity index is 726. The van der Waals surface area contributed by atoms with Crippen molar-refractivity contribution in [3.8, 4) is 16.9 Å². The minimum absolute atomic E-state index is 0.288. The Hall–Kier alpha value is -2.14. The molecule has 0 aliphatic rings. The average molecular weight is 353 g/mol. The first kappa shape index (κ1) is 17.7. The molecule has 0 aliphatic heterocycles. The van der Waals surface area contributed by atoms with Gasteiger partial charge in [-0.2, -0.15) is 11.3 Å². The predicted molar refractivity (Wildman–Crippen MR) is 104 cm³/mol. The zero-order valence-electron chi connectivity index (χ0n) is 14.1. The number of benzene rings is 2. The molecule has 2 aromatic carbocycles. The van der Waals surface area contributed by atoms with Crippen LogP contribution in [0.4, 0.5) is 0 Å². The van der Waals surface area contributed by atoms with E-state index in [-0.39, 0.29) is 6.61 Å². The Balaban J connectivity index is 1.35. The number of aliphatic hydroxyl groups excluding tert-OH is 1. The monoisotopic (exact) mass is 353 g/mol. The summed E-state index contributed by atoms with van der Waals surface area (Å²) in [7, 11) is 0. The van der Waals surface area contributed by atoms with Gasteiger partial charge in [0.2, 0.25) is 0 Å². The predicted octanol–water partition coefficient (Wildman–Crippen LogP) is 3.99. The van der Waals surface area contributed by atoms with Gasteiger partial charge in [0, 0.05) is 6.54 Å². The van der Waals surface area contributed by atoms with E-state index in [4.69, 9.17) is 4.74 Å². The summed E-state index contributed by atoms with van der Waals surface area (Å²) in [6, 6.07) is 20.4. The molecule has 1 atom stereocenters. The van der Waals surface area contributed by atoms with E-state index < -0.39 is 6.10 Å². The van der Waals surface area contributed by atoms with Gasteiger partial charge >= 0.3 is 0 Å². The molecule has 0 aliphatic carbocycles. The van der Waals surface area contributed by atoms with Crippen molar-refractivity contribution in [1.82, 2.24) is 5.32 Å². The van der Waals surface area contributed by atoms with E-state index >= 15 is 0 Å². The Morgan fingerprint density at radius 2 is 1.76 bits per heavy atom. The first-order chi connectivity index (χ1) is 12.3. The van der Waals surface area contributed by atoms with Crippen molar-refractivity contribution in [3.05, 3.63) is 77.0 Å². The molecule has 3 nitrogen and oxygen atoms in total. The second-order valence-corrected chi connectivity index (χ2v) is 6.72. The highest BCUT2D eigenvalue weighted by atomic mass is 32.1. The highest BCUT2D eigenvalue weighted by Gasteiger charge is 2.05. The number of ether oxygens (including phenoxy) is 1. The standard InChI is InChI=1S/C21H23NO2S/c23-20(14-22-12-10-17-4-2-1-3-5-17)15-24-21-8-6-18(7-9-21)19-11-13-25-16-19/h1-9,11,13,16,20,22-23H,10,12,14-15H2. The number of aliphatic hydroxyl groups is 1. The Morgan fingerprint density at radius 3 is 2.48 bits per heavy atom. The molecule has 1 aromatic heterocycles. The molecule has 0 amide bonds. The fourth-order valence-electron chi connectivity index (χ4n) is 2.57. The molecule has 0 fully saturated rings. The van der Waals surface area contributed by atoms with Crippen LogP contribution in [0.25, 0.3) is 11.1 Å². The molecular formula is C21H23NO2S. The maximum atomic E-state index is 10.0. The second kappa shape index (κ2) is 9.37. The summed E-state index contributed by atoms with van der Waals surface area (Å²) in [5, 5.41) is 17.5. The number of rotatable bonds is 9. The fourth-order valence-corrected chi connectivity index (χ4v) is 3.23. The van der Waals surface area contributed by atoms with Crippen LogP contribution in [0.3, 0.4) is 0 Å². The summed E-state index contributed by atoms with van der Waals surface area (Å²) in [5.41, 5.74) is 3.70. The van der Waals surface area contributed by atoms with Crippen LogP contribution in [0.1, 0.15) is 5.56 Å². The van der Waals surface area contributed by atoms with E-state index in [1.165, 1.54) is 16.7 Å². The van der Waals surface area contributed by atoms with Gasteiger partial charge in [0.15, 0.2) is 0 Å². The van der Waals surface area contributed by atoms with Crippen molar-refractivity contribution in [1.29, 1.82) is 0 Å². The molecule has 0 saturated carbocycles. The van der Waals surface area contributed by atoms with Crippen molar-refractivity contribution >= 4 is 11.3 Å². The zero-order chi connectivity index (χ0) is 17.3. The molecule has 130 valence electrons. The summed E-state index contributed by atoms with van der Waals surface area (Å²) in [5.74, 6) is 0.780. The van der Waals surface area contributed by atoms with Gasteiger partial charge in [0.1, 0.15) is 18.5 Å². The Labute approximate surface area is 152 Å². The molecule has 3 rings (SSSR count). The molecule has 0 radical (unpaired) electrons. The molecule has 1 heterocycles. The van der Waals surface area contributed by atoms with E-state index in [0.717, 1.165) is 18.7 Å². The van der Waals surface area contributed by atoms with Crippen molar-refractivity contribution in [3.63, 3.8) is 0 Å². The fraction of sp³-hybridized carbons (Fsp3) is 0.238. The lowest BCUT2D eigenvalue weighted by atomic mass is 10.1. The maximum Gasteiger partial charge on any atom is 0.119 e. The topological polar surface area (TPSA) is 41.5 Å². The van der Waals surface area contributed by atoms with Crippen LogP contribution in [0.5, 0.6) is 5.75 Å². The van der Waals surface area contributed by atoms with Gasteiger partial charge in [0.25, 0.3) is 0 Å². The number of hydrogen-bond donors (Lipinski definition) is 2. The molecule has 4 heteroatoms. The third-order valence-corrected chi connectivity index (χ3v) is 4.65. The summed E-state index contributed by atoms with van der Waals surface area (Å²) in [6.45, 7) is 1.66. The van der Waals surface area contributed by atoms with E-state index in [1.54, 1.807) is 11.3 Å². The van der Waals surface area contributed by atoms with Gasteiger partial charge in [-0.3, -0.25) is 0 Å². The van der Waals surface area contributed by atoms with Gasteiger partial charge in [-0.05, 0) is 58.6 Å². The summed E-state index contributed by atoms with van der Waals surface area (Å²) in [6.07, 6.45) is 0.436. The lowest BCUT2D eigenvalue weighted by molar-refractivity contribution is 0.106. The molecular weight excluding hydrogens is 330 g/mol. The van der Waals surface area contributed by atoms with Gasteiger partial charge in [-0.1, -0.05) is 42.5 Å². The number of hydrogen-bond acceptors (Lipinski definition) is 4. The van der Waals surface area contributed by atoms with Gasteiger partial charge < -0.3 is 15.2 Å².